The van der Waals surface area contributed by atoms with Gasteiger partial charge in [-0.2, -0.15) is 0 Å². The van der Waals surface area contributed by atoms with E-state index in [1.165, 1.54) is 5.56 Å². The Morgan fingerprint density at radius 2 is 1.41 bits per heavy atom. The lowest BCUT2D eigenvalue weighted by Gasteiger charge is -2.16. The van der Waals surface area contributed by atoms with Crippen molar-refractivity contribution in [2.45, 2.75) is 13.1 Å². The number of aliphatic carboxylic acids is 2. The van der Waals surface area contributed by atoms with Gasteiger partial charge < -0.3 is 29.7 Å². The molecule has 8 nitrogen and oxygen atoms in total. The summed E-state index contributed by atoms with van der Waals surface area (Å²) in [6.45, 7) is 1.50. The number of methoxy groups -OCH3 is 3. The van der Waals surface area contributed by atoms with Crippen LogP contribution in [0.25, 0.3) is 0 Å². The maximum atomic E-state index is 9.10. The van der Waals surface area contributed by atoms with Crippen molar-refractivity contribution < 1.29 is 34.0 Å². The molecule has 0 aromatic heterocycles. The van der Waals surface area contributed by atoms with Crippen molar-refractivity contribution in [2.75, 3.05) is 21.3 Å². The van der Waals surface area contributed by atoms with Crippen molar-refractivity contribution in [3.05, 3.63) is 53.6 Å². The summed E-state index contributed by atoms with van der Waals surface area (Å²) in [5.41, 5.74) is 2.28. The van der Waals surface area contributed by atoms with Crippen molar-refractivity contribution in [1.82, 2.24) is 5.32 Å². The third kappa shape index (κ3) is 6.87. The SMILES string of the molecule is COc1ccc(CNCc2ccccc2)c(OC)c1OC.O=C(O)C(=O)O. The lowest BCUT2D eigenvalue weighted by molar-refractivity contribution is -0.159. The molecule has 2 aromatic carbocycles. The maximum Gasteiger partial charge on any atom is 0.414 e. The Kier molecular flexibility index (Phi) is 9.18. The molecule has 0 spiro atoms. The van der Waals surface area contributed by atoms with Crippen LogP contribution in [0, 0.1) is 0 Å². The fourth-order valence-corrected chi connectivity index (χ4v) is 2.24. The minimum atomic E-state index is -1.82. The summed E-state index contributed by atoms with van der Waals surface area (Å²) in [5.74, 6) is -1.65. The molecule has 0 heterocycles. The third-order valence-corrected chi connectivity index (χ3v) is 3.46. The molecular weight excluding hydrogens is 354 g/mol. The van der Waals surface area contributed by atoms with Gasteiger partial charge in [0.2, 0.25) is 5.75 Å². The van der Waals surface area contributed by atoms with Gasteiger partial charge in [-0.3, -0.25) is 0 Å². The van der Waals surface area contributed by atoms with Crippen LogP contribution >= 0.6 is 0 Å². The second-order valence-electron chi connectivity index (χ2n) is 5.19. The molecule has 3 N–H and O–H groups in total. The van der Waals surface area contributed by atoms with Crippen LogP contribution in [0.5, 0.6) is 17.2 Å². The van der Waals surface area contributed by atoms with E-state index in [2.05, 4.69) is 17.4 Å². The summed E-state index contributed by atoms with van der Waals surface area (Å²) in [6.07, 6.45) is 0. The van der Waals surface area contributed by atoms with E-state index >= 15 is 0 Å². The van der Waals surface area contributed by atoms with Crippen LogP contribution in [-0.2, 0) is 22.7 Å². The van der Waals surface area contributed by atoms with Gasteiger partial charge >= 0.3 is 11.9 Å². The first kappa shape index (κ1) is 21.8. The summed E-state index contributed by atoms with van der Waals surface area (Å²) < 4.78 is 16.1. The Bertz CT molecular complexity index is 735. The molecule has 0 aliphatic rings. The van der Waals surface area contributed by atoms with Crippen LogP contribution in [-0.4, -0.2) is 43.5 Å². The Hall–Kier alpha value is -3.26. The predicted molar refractivity (Wildman–Crippen MR) is 98.4 cm³/mol. The zero-order valence-electron chi connectivity index (χ0n) is 15.4. The minimum Gasteiger partial charge on any atom is -0.493 e. The van der Waals surface area contributed by atoms with Gasteiger partial charge in [0.05, 0.1) is 21.3 Å². The highest BCUT2D eigenvalue weighted by molar-refractivity contribution is 6.27. The number of carboxylic acids is 2. The number of benzene rings is 2. The van der Waals surface area contributed by atoms with Crippen molar-refractivity contribution in [3.8, 4) is 17.2 Å². The van der Waals surface area contributed by atoms with E-state index in [9.17, 15) is 0 Å². The van der Waals surface area contributed by atoms with Gasteiger partial charge in [0, 0.05) is 18.7 Å². The molecule has 0 unspecified atom stereocenters. The van der Waals surface area contributed by atoms with Gasteiger partial charge in [-0.05, 0) is 11.6 Å². The number of carboxylic acid groups (broad SMARTS) is 2. The molecule has 146 valence electrons. The molecule has 0 aliphatic carbocycles. The normalized spacial score (nSPS) is 9.59. The second-order valence-corrected chi connectivity index (χ2v) is 5.19. The van der Waals surface area contributed by atoms with Crippen molar-refractivity contribution in [1.29, 1.82) is 0 Å². The van der Waals surface area contributed by atoms with E-state index in [0.717, 1.165) is 12.1 Å². The fraction of sp³-hybridized carbons (Fsp3) is 0.263. The molecule has 0 bridgehead atoms. The molecule has 8 heteroatoms. The summed E-state index contributed by atoms with van der Waals surface area (Å²) >= 11 is 0. The largest absolute Gasteiger partial charge is 0.493 e. The first-order valence-electron chi connectivity index (χ1n) is 7.93. The van der Waals surface area contributed by atoms with Crippen LogP contribution in [0.1, 0.15) is 11.1 Å². The molecule has 2 aromatic rings. The number of hydrogen-bond acceptors (Lipinski definition) is 6. The molecule has 27 heavy (non-hydrogen) atoms. The second kappa shape index (κ2) is 11.4. The van der Waals surface area contributed by atoms with Crippen LogP contribution in [0.2, 0.25) is 0 Å². The van der Waals surface area contributed by atoms with Gasteiger partial charge in [-0.25, -0.2) is 9.59 Å². The van der Waals surface area contributed by atoms with Crippen LogP contribution < -0.4 is 19.5 Å². The van der Waals surface area contributed by atoms with Crippen LogP contribution in [0.15, 0.2) is 42.5 Å². The monoisotopic (exact) mass is 377 g/mol. The third-order valence-electron chi connectivity index (χ3n) is 3.46. The molecule has 0 radical (unpaired) electrons. The number of hydrogen-bond donors (Lipinski definition) is 3. The number of carbonyl (C=O) groups is 2. The highest BCUT2D eigenvalue weighted by atomic mass is 16.5. The molecular formula is C19H23NO7. The van der Waals surface area contributed by atoms with E-state index in [0.29, 0.717) is 23.8 Å². The fourth-order valence-electron chi connectivity index (χ4n) is 2.24. The van der Waals surface area contributed by atoms with Gasteiger partial charge in [0.15, 0.2) is 11.5 Å². The molecule has 0 amide bonds. The first-order chi connectivity index (χ1) is 12.9. The Labute approximate surface area is 157 Å². The van der Waals surface area contributed by atoms with Crippen LogP contribution in [0.3, 0.4) is 0 Å². The highest BCUT2D eigenvalue weighted by Gasteiger charge is 2.15. The van der Waals surface area contributed by atoms with Crippen molar-refractivity contribution in [3.63, 3.8) is 0 Å². The van der Waals surface area contributed by atoms with Gasteiger partial charge in [-0.1, -0.05) is 36.4 Å². The predicted octanol–water partition coefficient (Wildman–Crippen LogP) is 2.16. The molecule has 0 atom stereocenters. The van der Waals surface area contributed by atoms with E-state index in [1.54, 1.807) is 21.3 Å². The van der Waals surface area contributed by atoms with Gasteiger partial charge in [0.25, 0.3) is 0 Å². The smallest absolute Gasteiger partial charge is 0.414 e. The first-order valence-corrected chi connectivity index (χ1v) is 7.93. The van der Waals surface area contributed by atoms with E-state index in [-0.39, 0.29) is 0 Å². The summed E-state index contributed by atoms with van der Waals surface area (Å²) in [4.78, 5) is 18.2. The topological polar surface area (TPSA) is 114 Å². The molecule has 0 saturated heterocycles. The van der Waals surface area contributed by atoms with Crippen LogP contribution in [0.4, 0.5) is 0 Å². The lowest BCUT2D eigenvalue weighted by atomic mass is 10.1. The average Bonchev–Trinajstić information content (AvgIpc) is 2.68. The Morgan fingerprint density at radius 3 is 1.89 bits per heavy atom. The Morgan fingerprint density at radius 1 is 0.815 bits per heavy atom. The van der Waals surface area contributed by atoms with E-state index < -0.39 is 11.9 Å². The molecule has 0 aliphatic heterocycles. The zero-order valence-corrected chi connectivity index (χ0v) is 15.4. The van der Waals surface area contributed by atoms with Gasteiger partial charge in [-0.15, -0.1) is 0 Å². The minimum absolute atomic E-state index is 0.624. The number of ether oxygens (including phenoxy) is 3. The standard InChI is InChI=1S/C17H21NO3.C2H2O4/c1-19-15-10-9-14(16(20-2)17(15)21-3)12-18-11-13-7-5-4-6-8-13;3-1(4)2(5)6/h4-10,18H,11-12H2,1-3H3;(H,3,4)(H,5,6). The molecule has 2 rings (SSSR count). The van der Waals surface area contributed by atoms with Crippen molar-refractivity contribution >= 4 is 11.9 Å². The summed E-state index contributed by atoms with van der Waals surface area (Å²) in [7, 11) is 4.87. The Balaban J connectivity index is 0.000000527. The quantitative estimate of drug-likeness (QED) is 0.629. The van der Waals surface area contributed by atoms with Crippen molar-refractivity contribution in [2.24, 2.45) is 0 Å². The number of nitrogens with one attached hydrogen (secondary N) is 1. The summed E-state index contributed by atoms with van der Waals surface area (Å²) in [6, 6.07) is 14.2. The van der Waals surface area contributed by atoms with Gasteiger partial charge in [0.1, 0.15) is 0 Å². The molecule has 0 fully saturated rings. The summed E-state index contributed by atoms with van der Waals surface area (Å²) in [5, 5.41) is 18.2. The van der Waals surface area contributed by atoms with E-state index in [4.69, 9.17) is 34.0 Å². The highest BCUT2D eigenvalue weighted by Crippen LogP contribution is 2.39. The number of rotatable bonds is 7. The average molecular weight is 377 g/mol. The lowest BCUT2D eigenvalue weighted by Crippen LogP contribution is -2.13. The maximum absolute atomic E-state index is 9.10. The zero-order chi connectivity index (χ0) is 20.2. The molecule has 0 saturated carbocycles. The van der Waals surface area contributed by atoms with E-state index in [1.807, 2.05) is 30.3 Å².